The molecule has 7 nitrogen and oxygen atoms in total. The van der Waals surface area contributed by atoms with Gasteiger partial charge in [0.25, 0.3) is 11.5 Å². The maximum absolute atomic E-state index is 12.9. The third kappa shape index (κ3) is 5.41. The minimum Gasteiger partial charge on any atom is -0.480 e. The third-order valence-corrected chi connectivity index (χ3v) is 4.41. The Hall–Kier alpha value is -2.70. The van der Waals surface area contributed by atoms with Crippen LogP contribution >= 0.6 is 0 Å². The van der Waals surface area contributed by atoms with Crippen molar-refractivity contribution in [1.82, 2.24) is 15.1 Å². The predicted octanol–water partition coefficient (Wildman–Crippen LogP) is 3.06. The van der Waals surface area contributed by atoms with Crippen LogP contribution in [0.1, 0.15) is 57.9 Å². The highest BCUT2D eigenvalue weighted by molar-refractivity contribution is 6.05. The number of carbonyl (C=O) groups is 2. The molecule has 1 atom stereocenters. The van der Waals surface area contributed by atoms with Crippen LogP contribution < -0.4 is 10.9 Å². The van der Waals surface area contributed by atoms with Gasteiger partial charge in [0.1, 0.15) is 6.04 Å². The first-order chi connectivity index (χ1) is 13.0. The fraction of sp³-hybridized carbons (Fsp3) is 0.524. The lowest BCUT2D eigenvalue weighted by Crippen LogP contribution is -2.42. The van der Waals surface area contributed by atoms with Gasteiger partial charge in [0, 0.05) is 11.9 Å². The van der Waals surface area contributed by atoms with Gasteiger partial charge >= 0.3 is 5.97 Å². The van der Waals surface area contributed by atoms with E-state index in [-0.39, 0.29) is 22.6 Å². The predicted molar refractivity (Wildman–Crippen MR) is 108 cm³/mol. The molecule has 0 fully saturated rings. The molecule has 0 radical (unpaired) electrons. The summed E-state index contributed by atoms with van der Waals surface area (Å²) in [5.41, 5.74) is -0.241. The zero-order valence-corrected chi connectivity index (χ0v) is 17.2. The molecule has 2 aromatic rings. The zero-order chi connectivity index (χ0) is 21.1. The fourth-order valence-corrected chi connectivity index (χ4v) is 2.93. The van der Waals surface area contributed by atoms with Crippen molar-refractivity contribution < 1.29 is 14.7 Å². The van der Waals surface area contributed by atoms with E-state index >= 15 is 0 Å². The number of carboxylic acid groups (broad SMARTS) is 1. The van der Waals surface area contributed by atoms with Gasteiger partial charge in [0.05, 0.1) is 5.39 Å². The molecule has 0 aliphatic rings. The molecule has 1 heterocycles. The quantitative estimate of drug-likeness (QED) is 0.760. The van der Waals surface area contributed by atoms with Crippen LogP contribution in [0.2, 0.25) is 0 Å². The van der Waals surface area contributed by atoms with Crippen molar-refractivity contribution in [3.63, 3.8) is 0 Å². The number of aliphatic carboxylic acids is 1. The van der Waals surface area contributed by atoms with Crippen molar-refractivity contribution >= 4 is 22.6 Å². The fourth-order valence-electron chi connectivity index (χ4n) is 2.93. The molecule has 0 bridgehead atoms. The Labute approximate surface area is 164 Å². The maximum atomic E-state index is 12.9. The monoisotopic (exact) mass is 387 g/mol. The van der Waals surface area contributed by atoms with Crippen LogP contribution in [0, 0.1) is 11.3 Å². The molecule has 2 N–H and O–H groups in total. The molecule has 2 rings (SSSR count). The first-order valence-electron chi connectivity index (χ1n) is 9.53. The average molecular weight is 387 g/mol. The van der Waals surface area contributed by atoms with Crippen LogP contribution in [0.4, 0.5) is 0 Å². The number of benzene rings is 1. The molecule has 0 spiro atoms. The molecule has 0 aliphatic carbocycles. The van der Waals surface area contributed by atoms with Crippen LogP contribution in [0.3, 0.4) is 0 Å². The smallest absolute Gasteiger partial charge is 0.326 e. The van der Waals surface area contributed by atoms with Crippen LogP contribution in [-0.2, 0) is 11.3 Å². The third-order valence-electron chi connectivity index (χ3n) is 4.41. The lowest BCUT2D eigenvalue weighted by molar-refractivity contribution is -0.139. The number of carboxylic acids is 1. The highest BCUT2D eigenvalue weighted by Gasteiger charge is 2.25. The summed E-state index contributed by atoms with van der Waals surface area (Å²) in [7, 11) is 0. The van der Waals surface area contributed by atoms with Crippen molar-refractivity contribution in [2.75, 3.05) is 0 Å². The van der Waals surface area contributed by atoms with Gasteiger partial charge in [0.15, 0.2) is 5.69 Å². The number of hydrogen-bond donors (Lipinski definition) is 2. The SMILES string of the molecule is CC(C)Cn1nc(C(=O)NC(CCC(C)(C)C)C(=O)O)c2ccccc2c1=O. The van der Waals surface area contributed by atoms with E-state index in [0.717, 1.165) is 0 Å². The molecule has 1 aromatic heterocycles. The van der Waals surface area contributed by atoms with Crippen molar-refractivity contribution in [2.45, 2.75) is 60.0 Å². The van der Waals surface area contributed by atoms with E-state index in [1.165, 1.54) is 4.68 Å². The van der Waals surface area contributed by atoms with E-state index in [2.05, 4.69) is 10.4 Å². The molecule has 0 aliphatic heterocycles. The van der Waals surface area contributed by atoms with E-state index in [9.17, 15) is 19.5 Å². The van der Waals surface area contributed by atoms with Crippen LogP contribution in [0.25, 0.3) is 10.8 Å². The van der Waals surface area contributed by atoms with Gasteiger partial charge in [-0.15, -0.1) is 0 Å². The molecule has 1 amide bonds. The van der Waals surface area contributed by atoms with Gasteiger partial charge in [-0.1, -0.05) is 52.8 Å². The van der Waals surface area contributed by atoms with Gasteiger partial charge in [0.2, 0.25) is 0 Å². The lowest BCUT2D eigenvalue weighted by Gasteiger charge is -2.22. The van der Waals surface area contributed by atoms with Crippen molar-refractivity contribution in [2.24, 2.45) is 11.3 Å². The second kappa shape index (κ2) is 8.54. The Morgan fingerprint density at radius 3 is 2.32 bits per heavy atom. The summed E-state index contributed by atoms with van der Waals surface area (Å²) in [6, 6.07) is 5.75. The summed E-state index contributed by atoms with van der Waals surface area (Å²) in [5, 5.41) is 17.2. The molecule has 1 aromatic carbocycles. The molecule has 0 saturated heterocycles. The van der Waals surface area contributed by atoms with E-state index in [1.807, 2.05) is 34.6 Å². The topological polar surface area (TPSA) is 101 Å². The van der Waals surface area contributed by atoms with Crippen LogP contribution in [-0.4, -0.2) is 32.8 Å². The molecule has 7 heteroatoms. The second-order valence-corrected chi connectivity index (χ2v) is 8.74. The Balaban J connectivity index is 2.42. The lowest BCUT2D eigenvalue weighted by atomic mass is 9.88. The zero-order valence-electron chi connectivity index (χ0n) is 17.2. The number of nitrogens with one attached hydrogen (secondary N) is 1. The number of carbonyl (C=O) groups excluding carboxylic acids is 1. The van der Waals surface area contributed by atoms with Gasteiger partial charge in [-0.3, -0.25) is 9.59 Å². The number of aromatic nitrogens is 2. The van der Waals surface area contributed by atoms with E-state index in [1.54, 1.807) is 24.3 Å². The average Bonchev–Trinajstić information content (AvgIpc) is 2.59. The summed E-state index contributed by atoms with van der Waals surface area (Å²) >= 11 is 0. The number of rotatable bonds is 7. The van der Waals surface area contributed by atoms with Gasteiger partial charge in [-0.05, 0) is 30.2 Å². The first-order valence-corrected chi connectivity index (χ1v) is 9.53. The summed E-state index contributed by atoms with van der Waals surface area (Å²) in [6.45, 7) is 10.3. The summed E-state index contributed by atoms with van der Waals surface area (Å²) < 4.78 is 1.28. The highest BCUT2D eigenvalue weighted by atomic mass is 16.4. The van der Waals surface area contributed by atoms with Crippen molar-refractivity contribution in [3.8, 4) is 0 Å². The van der Waals surface area contributed by atoms with Crippen molar-refractivity contribution in [1.29, 1.82) is 0 Å². The van der Waals surface area contributed by atoms with E-state index in [4.69, 9.17) is 0 Å². The van der Waals surface area contributed by atoms with E-state index < -0.39 is 17.9 Å². The number of hydrogen-bond acceptors (Lipinski definition) is 4. The molecule has 152 valence electrons. The summed E-state index contributed by atoms with van der Waals surface area (Å²) in [4.78, 5) is 37.2. The van der Waals surface area contributed by atoms with Crippen molar-refractivity contribution in [3.05, 3.63) is 40.3 Å². The van der Waals surface area contributed by atoms with Crippen LogP contribution in [0.15, 0.2) is 29.1 Å². The normalized spacial score (nSPS) is 12.9. The minimum absolute atomic E-state index is 0.0478. The number of fused-ring (bicyclic) bond motifs is 1. The Morgan fingerprint density at radius 1 is 1.18 bits per heavy atom. The molecular weight excluding hydrogens is 358 g/mol. The summed E-state index contributed by atoms with van der Waals surface area (Å²) in [5.74, 6) is -1.51. The van der Waals surface area contributed by atoms with Gasteiger partial charge < -0.3 is 10.4 Å². The maximum Gasteiger partial charge on any atom is 0.326 e. The Morgan fingerprint density at radius 2 is 1.79 bits per heavy atom. The van der Waals surface area contributed by atoms with E-state index in [0.29, 0.717) is 30.2 Å². The summed E-state index contributed by atoms with van der Waals surface area (Å²) in [6.07, 6.45) is 0.958. The number of nitrogens with zero attached hydrogens (tertiary/aromatic N) is 2. The largest absolute Gasteiger partial charge is 0.480 e. The Kier molecular flexibility index (Phi) is 6.59. The number of amides is 1. The molecule has 1 unspecified atom stereocenters. The van der Waals surface area contributed by atoms with Crippen LogP contribution in [0.5, 0.6) is 0 Å². The van der Waals surface area contributed by atoms with Gasteiger partial charge in [-0.2, -0.15) is 5.10 Å². The minimum atomic E-state index is -1.09. The first kappa shape index (κ1) is 21.6. The standard InChI is InChI=1S/C21H29N3O4/c1-13(2)12-24-19(26)15-9-7-6-8-14(15)17(23-24)18(25)22-16(20(27)28)10-11-21(3,4)5/h6-9,13,16H,10-12H2,1-5H3,(H,22,25)(H,27,28). The van der Waals surface area contributed by atoms with Gasteiger partial charge in [-0.25, -0.2) is 9.48 Å². The molecule has 28 heavy (non-hydrogen) atoms. The molecule has 0 saturated carbocycles. The second-order valence-electron chi connectivity index (χ2n) is 8.74. The Bertz CT molecular complexity index is 925. The molecular formula is C21H29N3O4. The highest BCUT2D eigenvalue weighted by Crippen LogP contribution is 2.22.